The highest BCUT2D eigenvalue weighted by molar-refractivity contribution is 6.21. The van der Waals surface area contributed by atoms with Crippen LogP contribution in [0.3, 0.4) is 0 Å². The second-order valence-electron chi connectivity index (χ2n) is 4.58. The van der Waals surface area contributed by atoms with Gasteiger partial charge < -0.3 is 4.74 Å². The van der Waals surface area contributed by atoms with Crippen LogP contribution in [0, 0.1) is 0 Å². The van der Waals surface area contributed by atoms with Gasteiger partial charge in [0.2, 0.25) is 0 Å². The molecular formula is C11H16ClNO3. The van der Waals surface area contributed by atoms with Gasteiger partial charge in [-0.05, 0) is 39.8 Å². The molecule has 0 amide bonds. The molecule has 1 heterocycles. The molecule has 0 unspecified atom stereocenters. The van der Waals surface area contributed by atoms with Gasteiger partial charge in [0.25, 0.3) is 0 Å². The van der Waals surface area contributed by atoms with Gasteiger partial charge in [0.05, 0.1) is 11.3 Å². The Kier molecular flexibility index (Phi) is 3.65. The molecule has 16 heavy (non-hydrogen) atoms. The van der Waals surface area contributed by atoms with Crippen molar-refractivity contribution < 1.29 is 14.7 Å². The highest BCUT2D eigenvalue weighted by Crippen LogP contribution is 2.23. The van der Waals surface area contributed by atoms with Crippen LogP contribution < -0.4 is 0 Å². The quantitative estimate of drug-likeness (QED) is 0.438. The van der Waals surface area contributed by atoms with Gasteiger partial charge in [-0.3, -0.25) is 5.21 Å². The van der Waals surface area contributed by atoms with Crippen molar-refractivity contribution in [2.45, 2.75) is 38.8 Å². The standard InChI is InChI=1S/C11H16ClNO3/c1-7-8(5-6-9(12)13(7)15)10(14)16-11(2,3)4/h5-6,9,15H,1-4H3/t9-/m1/s1. The molecule has 4 nitrogen and oxygen atoms in total. The molecule has 0 radical (unpaired) electrons. The zero-order valence-electron chi connectivity index (χ0n) is 9.82. The summed E-state index contributed by atoms with van der Waals surface area (Å²) in [7, 11) is 0. The third kappa shape index (κ3) is 3.00. The SMILES string of the molecule is CC1=C(C(=O)OC(C)(C)C)C=C[C@H](Cl)N1O. The minimum Gasteiger partial charge on any atom is -0.456 e. The number of alkyl halides is 1. The summed E-state index contributed by atoms with van der Waals surface area (Å²) in [6.07, 6.45) is 3.08. The molecule has 0 aromatic rings. The average Bonchev–Trinajstić information content (AvgIpc) is 2.11. The van der Waals surface area contributed by atoms with Gasteiger partial charge >= 0.3 is 5.97 Å². The Morgan fingerprint density at radius 1 is 1.56 bits per heavy atom. The fourth-order valence-electron chi connectivity index (χ4n) is 1.23. The van der Waals surface area contributed by atoms with E-state index in [1.807, 2.05) is 0 Å². The summed E-state index contributed by atoms with van der Waals surface area (Å²) >= 11 is 5.77. The number of hydrogen-bond donors (Lipinski definition) is 1. The molecule has 90 valence electrons. The normalized spacial score (nSPS) is 21.4. The van der Waals surface area contributed by atoms with Crippen LogP contribution in [0.5, 0.6) is 0 Å². The largest absolute Gasteiger partial charge is 0.456 e. The first-order valence-corrected chi connectivity index (χ1v) is 5.40. The molecule has 1 aliphatic rings. The molecule has 1 atom stereocenters. The zero-order valence-corrected chi connectivity index (χ0v) is 10.6. The van der Waals surface area contributed by atoms with E-state index >= 15 is 0 Å². The maximum atomic E-state index is 11.8. The van der Waals surface area contributed by atoms with Crippen LogP contribution >= 0.6 is 11.6 Å². The minimum atomic E-state index is -0.647. The minimum absolute atomic E-state index is 0.314. The van der Waals surface area contributed by atoms with Crippen molar-refractivity contribution in [2.75, 3.05) is 0 Å². The predicted octanol–water partition coefficient (Wildman–Crippen LogP) is 2.43. The molecule has 0 aromatic heterocycles. The van der Waals surface area contributed by atoms with Gasteiger partial charge in [-0.15, -0.1) is 0 Å². The Labute approximate surface area is 100 Å². The Balaban J connectivity index is 2.89. The van der Waals surface area contributed by atoms with E-state index < -0.39 is 17.1 Å². The molecule has 0 saturated heterocycles. The van der Waals surface area contributed by atoms with Gasteiger partial charge in [-0.1, -0.05) is 11.6 Å². The number of ether oxygens (including phenoxy) is 1. The number of halogens is 1. The van der Waals surface area contributed by atoms with Crippen molar-refractivity contribution in [3.63, 3.8) is 0 Å². The molecule has 0 aromatic carbocycles. The lowest BCUT2D eigenvalue weighted by atomic mass is 10.1. The summed E-state index contributed by atoms with van der Waals surface area (Å²) in [6, 6.07) is 0. The van der Waals surface area contributed by atoms with E-state index in [1.165, 1.54) is 6.08 Å². The Morgan fingerprint density at radius 2 is 2.12 bits per heavy atom. The Morgan fingerprint density at radius 3 is 2.62 bits per heavy atom. The van der Waals surface area contributed by atoms with E-state index in [0.29, 0.717) is 11.3 Å². The summed E-state index contributed by atoms with van der Waals surface area (Å²) in [5, 5.41) is 10.4. The monoisotopic (exact) mass is 245 g/mol. The highest BCUT2D eigenvalue weighted by Gasteiger charge is 2.26. The summed E-state index contributed by atoms with van der Waals surface area (Å²) in [6.45, 7) is 6.97. The summed E-state index contributed by atoms with van der Waals surface area (Å²) < 4.78 is 5.20. The van der Waals surface area contributed by atoms with E-state index in [9.17, 15) is 10.0 Å². The number of carbonyl (C=O) groups is 1. The number of carbonyl (C=O) groups excluding carboxylic acids is 1. The first kappa shape index (κ1) is 13.1. The molecule has 0 aliphatic carbocycles. The average molecular weight is 246 g/mol. The molecule has 1 aliphatic heterocycles. The molecule has 1 N–H and O–H groups in total. The van der Waals surface area contributed by atoms with E-state index in [1.54, 1.807) is 33.8 Å². The van der Waals surface area contributed by atoms with Crippen LogP contribution in [0.25, 0.3) is 0 Å². The second kappa shape index (κ2) is 4.47. The number of nitrogens with zero attached hydrogens (tertiary/aromatic N) is 1. The Bertz CT molecular complexity index is 355. The van der Waals surface area contributed by atoms with E-state index in [0.717, 1.165) is 5.06 Å². The third-order valence-electron chi connectivity index (χ3n) is 2.01. The number of esters is 1. The molecule has 1 rings (SSSR count). The Hall–Kier alpha value is -1.00. The summed E-state index contributed by atoms with van der Waals surface area (Å²) in [5.41, 5.74) is -0.506. The van der Waals surface area contributed by atoms with E-state index in [4.69, 9.17) is 16.3 Å². The lowest BCUT2D eigenvalue weighted by Gasteiger charge is -2.27. The first-order valence-electron chi connectivity index (χ1n) is 4.97. The van der Waals surface area contributed by atoms with Crippen molar-refractivity contribution >= 4 is 17.6 Å². The number of allylic oxidation sites excluding steroid dienone is 1. The molecule has 0 fully saturated rings. The maximum Gasteiger partial charge on any atom is 0.340 e. The smallest absolute Gasteiger partial charge is 0.340 e. The number of hydrogen-bond acceptors (Lipinski definition) is 4. The van der Waals surface area contributed by atoms with Crippen LogP contribution in [0.1, 0.15) is 27.7 Å². The van der Waals surface area contributed by atoms with Gasteiger partial charge in [0.1, 0.15) is 11.1 Å². The van der Waals surface area contributed by atoms with Crippen LogP contribution in [-0.4, -0.2) is 27.3 Å². The van der Waals surface area contributed by atoms with E-state index in [-0.39, 0.29) is 0 Å². The second-order valence-corrected chi connectivity index (χ2v) is 5.02. The third-order valence-corrected chi connectivity index (χ3v) is 2.34. The predicted molar refractivity (Wildman–Crippen MR) is 61.0 cm³/mol. The van der Waals surface area contributed by atoms with Crippen molar-refractivity contribution in [1.29, 1.82) is 0 Å². The summed E-state index contributed by atoms with van der Waals surface area (Å²) in [4.78, 5) is 11.8. The molecule has 5 heteroatoms. The first-order chi connectivity index (χ1) is 7.22. The fourth-order valence-corrected chi connectivity index (χ4v) is 1.45. The zero-order chi connectivity index (χ0) is 12.5. The fraction of sp³-hybridized carbons (Fsp3) is 0.545. The van der Waals surface area contributed by atoms with Crippen molar-refractivity contribution in [1.82, 2.24) is 5.06 Å². The van der Waals surface area contributed by atoms with Gasteiger partial charge in [0.15, 0.2) is 0 Å². The van der Waals surface area contributed by atoms with E-state index in [2.05, 4.69) is 0 Å². The highest BCUT2D eigenvalue weighted by atomic mass is 35.5. The summed E-state index contributed by atoms with van der Waals surface area (Å²) in [5.74, 6) is -0.469. The van der Waals surface area contributed by atoms with Gasteiger partial charge in [-0.25, -0.2) is 9.86 Å². The van der Waals surface area contributed by atoms with Gasteiger partial charge in [0, 0.05) is 0 Å². The van der Waals surface area contributed by atoms with Crippen LogP contribution in [0.2, 0.25) is 0 Å². The lowest BCUT2D eigenvalue weighted by molar-refractivity contribution is -0.150. The molecular weight excluding hydrogens is 230 g/mol. The maximum absolute atomic E-state index is 11.8. The topological polar surface area (TPSA) is 49.8 Å². The lowest BCUT2D eigenvalue weighted by Crippen LogP contribution is -2.32. The number of rotatable bonds is 1. The number of hydroxylamine groups is 2. The molecule has 0 spiro atoms. The van der Waals surface area contributed by atoms with Crippen LogP contribution in [-0.2, 0) is 9.53 Å². The van der Waals surface area contributed by atoms with Crippen molar-refractivity contribution in [2.24, 2.45) is 0 Å². The van der Waals surface area contributed by atoms with Crippen molar-refractivity contribution in [3.05, 3.63) is 23.4 Å². The van der Waals surface area contributed by atoms with Crippen LogP contribution in [0.15, 0.2) is 23.4 Å². The van der Waals surface area contributed by atoms with Crippen molar-refractivity contribution in [3.8, 4) is 0 Å². The van der Waals surface area contributed by atoms with Crippen LogP contribution in [0.4, 0.5) is 0 Å². The molecule has 0 saturated carbocycles. The van der Waals surface area contributed by atoms with Gasteiger partial charge in [-0.2, -0.15) is 0 Å². The molecule has 0 bridgehead atoms.